The Morgan fingerprint density at radius 2 is 2.14 bits per heavy atom. The number of ether oxygens (including phenoxy) is 2. The number of pyridine rings is 1. The molecule has 0 amide bonds. The molecule has 0 atom stereocenters. The molecule has 1 N–H and O–H groups in total. The first-order chi connectivity index (χ1) is 10.2. The number of nitrogens with one attached hydrogen (secondary N) is 1. The van der Waals surface area contributed by atoms with Crippen molar-refractivity contribution in [1.29, 1.82) is 0 Å². The third kappa shape index (κ3) is 3.64. The van der Waals surface area contributed by atoms with Crippen molar-refractivity contribution in [2.45, 2.75) is 6.54 Å². The number of esters is 1. The minimum absolute atomic E-state index is 0.386. The van der Waals surface area contributed by atoms with Gasteiger partial charge in [-0.1, -0.05) is 11.6 Å². The highest BCUT2D eigenvalue weighted by Gasteiger charge is 2.13. The van der Waals surface area contributed by atoms with E-state index in [-0.39, 0.29) is 0 Å². The van der Waals surface area contributed by atoms with Gasteiger partial charge in [0.05, 0.1) is 42.7 Å². The van der Waals surface area contributed by atoms with Crippen LogP contribution in [0.1, 0.15) is 16.1 Å². The molecule has 0 fully saturated rings. The zero-order valence-corrected chi connectivity index (χ0v) is 12.5. The van der Waals surface area contributed by atoms with Gasteiger partial charge in [-0.05, 0) is 24.3 Å². The minimum atomic E-state index is -0.424. The van der Waals surface area contributed by atoms with Gasteiger partial charge in [-0.25, -0.2) is 4.79 Å². The highest BCUT2D eigenvalue weighted by molar-refractivity contribution is 6.31. The second-order valence-electron chi connectivity index (χ2n) is 4.19. The number of benzene rings is 1. The van der Waals surface area contributed by atoms with Crippen LogP contribution in [0.2, 0.25) is 5.02 Å². The lowest BCUT2D eigenvalue weighted by Crippen LogP contribution is -2.09. The van der Waals surface area contributed by atoms with Gasteiger partial charge in [0.15, 0.2) is 0 Å². The molecule has 0 aliphatic heterocycles. The number of methoxy groups -OCH3 is 2. The minimum Gasteiger partial charge on any atom is -0.497 e. The Hall–Kier alpha value is -2.27. The van der Waals surface area contributed by atoms with E-state index in [9.17, 15) is 4.79 Å². The molecule has 0 spiro atoms. The molecule has 0 aliphatic rings. The van der Waals surface area contributed by atoms with E-state index in [4.69, 9.17) is 21.1 Å². The summed E-state index contributed by atoms with van der Waals surface area (Å²) < 4.78 is 9.93. The maximum absolute atomic E-state index is 11.8. The summed E-state index contributed by atoms with van der Waals surface area (Å²) in [6.45, 7) is 0.386. The standard InChI is InChI=1S/C15H15ClN2O3/c1-20-10-5-6-11(15(19)21-2)13(8-10)18-9-14-12(16)4-3-7-17-14/h3-8,18H,9H2,1-2H3. The van der Waals surface area contributed by atoms with Crippen LogP contribution in [0, 0.1) is 0 Å². The van der Waals surface area contributed by atoms with E-state index in [1.165, 1.54) is 7.11 Å². The van der Waals surface area contributed by atoms with Crippen molar-refractivity contribution in [3.8, 4) is 5.75 Å². The Labute approximate surface area is 127 Å². The Bertz CT molecular complexity index is 647. The van der Waals surface area contributed by atoms with E-state index in [2.05, 4.69) is 10.3 Å². The summed E-state index contributed by atoms with van der Waals surface area (Å²) in [5.74, 6) is 0.213. The quantitative estimate of drug-likeness (QED) is 0.860. The highest BCUT2D eigenvalue weighted by Crippen LogP contribution is 2.24. The zero-order valence-electron chi connectivity index (χ0n) is 11.7. The lowest BCUT2D eigenvalue weighted by atomic mass is 10.1. The van der Waals surface area contributed by atoms with Gasteiger partial charge in [-0.15, -0.1) is 0 Å². The van der Waals surface area contributed by atoms with Crippen LogP contribution in [0.25, 0.3) is 0 Å². The summed E-state index contributed by atoms with van der Waals surface area (Å²) in [5, 5.41) is 3.70. The molecule has 110 valence electrons. The predicted octanol–water partition coefficient (Wildman–Crippen LogP) is 3.14. The van der Waals surface area contributed by atoms with Crippen LogP contribution < -0.4 is 10.1 Å². The smallest absolute Gasteiger partial charge is 0.339 e. The van der Waals surface area contributed by atoms with Crippen LogP contribution in [-0.4, -0.2) is 25.2 Å². The molecule has 0 saturated heterocycles. The molecular weight excluding hydrogens is 292 g/mol. The predicted molar refractivity (Wildman–Crippen MR) is 80.9 cm³/mol. The number of hydrogen-bond donors (Lipinski definition) is 1. The second kappa shape index (κ2) is 6.95. The Balaban J connectivity index is 2.25. The molecule has 1 heterocycles. The summed E-state index contributed by atoms with van der Waals surface area (Å²) in [6, 6.07) is 8.59. The van der Waals surface area contributed by atoms with Crippen LogP contribution in [0.15, 0.2) is 36.5 Å². The lowest BCUT2D eigenvalue weighted by Gasteiger charge is -2.12. The number of aromatic nitrogens is 1. The largest absolute Gasteiger partial charge is 0.497 e. The van der Waals surface area contributed by atoms with Crippen LogP contribution in [0.5, 0.6) is 5.75 Å². The van der Waals surface area contributed by atoms with Crippen LogP contribution in [0.3, 0.4) is 0 Å². The molecule has 0 saturated carbocycles. The molecule has 6 heteroatoms. The van der Waals surface area contributed by atoms with Gasteiger partial charge >= 0.3 is 5.97 Å². The number of carbonyl (C=O) groups excluding carboxylic acids is 1. The summed E-state index contributed by atoms with van der Waals surface area (Å²) in [6.07, 6.45) is 1.66. The molecule has 0 bridgehead atoms. The van der Waals surface area contributed by atoms with E-state index in [1.807, 2.05) is 0 Å². The number of hydrogen-bond acceptors (Lipinski definition) is 5. The molecular formula is C15H15ClN2O3. The topological polar surface area (TPSA) is 60.5 Å². The lowest BCUT2D eigenvalue weighted by molar-refractivity contribution is 0.0602. The molecule has 5 nitrogen and oxygen atoms in total. The van der Waals surface area contributed by atoms with Crippen LogP contribution in [-0.2, 0) is 11.3 Å². The summed E-state index contributed by atoms with van der Waals surface area (Å²) in [7, 11) is 2.90. The van der Waals surface area contributed by atoms with E-state index >= 15 is 0 Å². The van der Waals surface area contributed by atoms with Gasteiger partial charge in [0, 0.05) is 12.3 Å². The van der Waals surface area contributed by atoms with Crippen molar-refractivity contribution in [1.82, 2.24) is 4.98 Å². The third-order valence-electron chi connectivity index (χ3n) is 2.91. The second-order valence-corrected chi connectivity index (χ2v) is 4.60. The molecule has 0 aliphatic carbocycles. The van der Waals surface area contributed by atoms with Gasteiger partial charge in [-0.3, -0.25) is 4.98 Å². The van der Waals surface area contributed by atoms with Crippen molar-refractivity contribution in [2.24, 2.45) is 0 Å². The van der Waals surface area contributed by atoms with Gasteiger partial charge in [0.25, 0.3) is 0 Å². The fourth-order valence-electron chi connectivity index (χ4n) is 1.81. The molecule has 1 aromatic heterocycles. The average molecular weight is 307 g/mol. The van der Waals surface area contributed by atoms with Crippen molar-refractivity contribution in [2.75, 3.05) is 19.5 Å². The van der Waals surface area contributed by atoms with Crippen molar-refractivity contribution < 1.29 is 14.3 Å². The Morgan fingerprint density at radius 3 is 2.81 bits per heavy atom. The molecule has 2 rings (SSSR count). The third-order valence-corrected chi connectivity index (χ3v) is 3.26. The number of anilines is 1. The van der Waals surface area contributed by atoms with Crippen molar-refractivity contribution in [3.63, 3.8) is 0 Å². The van der Waals surface area contributed by atoms with E-state index in [0.717, 1.165) is 0 Å². The monoisotopic (exact) mass is 306 g/mol. The van der Waals surface area contributed by atoms with Crippen LogP contribution in [0.4, 0.5) is 5.69 Å². The van der Waals surface area contributed by atoms with Gasteiger partial charge in [0.2, 0.25) is 0 Å². The van der Waals surface area contributed by atoms with Crippen molar-refractivity contribution >= 4 is 23.3 Å². The number of halogens is 1. The van der Waals surface area contributed by atoms with Gasteiger partial charge in [-0.2, -0.15) is 0 Å². The van der Waals surface area contributed by atoms with E-state index in [1.54, 1.807) is 43.6 Å². The first kappa shape index (κ1) is 15.1. The fraction of sp³-hybridized carbons (Fsp3) is 0.200. The molecule has 0 radical (unpaired) electrons. The maximum atomic E-state index is 11.8. The van der Waals surface area contributed by atoms with Crippen molar-refractivity contribution in [3.05, 3.63) is 52.8 Å². The van der Waals surface area contributed by atoms with Crippen LogP contribution >= 0.6 is 11.6 Å². The zero-order chi connectivity index (χ0) is 15.2. The van der Waals surface area contributed by atoms with E-state index < -0.39 is 5.97 Å². The first-order valence-electron chi connectivity index (χ1n) is 6.25. The van der Waals surface area contributed by atoms with E-state index in [0.29, 0.717) is 34.3 Å². The average Bonchev–Trinajstić information content (AvgIpc) is 2.53. The molecule has 21 heavy (non-hydrogen) atoms. The summed E-state index contributed by atoms with van der Waals surface area (Å²) in [4.78, 5) is 16.0. The molecule has 0 unspecified atom stereocenters. The molecule has 1 aromatic carbocycles. The van der Waals surface area contributed by atoms with Gasteiger partial charge in [0.1, 0.15) is 5.75 Å². The van der Waals surface area contributed by atoms with Gasteiger partial charge < -0.3 is 14.8 Å². The summed E-state index contributed by atoms with van der Waals surface area (Å²) >= 11 is 6.06. The Kier molecular flexibility index (Phi) is 5.00. The first-order valence-corrected chi connectivity index (χ1v) is 6.63. The number of nitrogens with zero attached hydrogens (tertiary/aromatic N) is 1. The fourth-order valence-corrected chi connectivity index (χ4v) is 2.00. The normalized spacial score (nSPS) is 10.0. The SMILES string of the molecule is COC(=O)c1ccc(OC)cc1NCc1ncccc1Cl. The summed E-state index contributed by atoms with van der Waals surface area (Å²) in [5.41, 5.74) is 1.71. The Morgan fingerprint density at radius 1 is 1.33 bits per heavy atom. The number of carbonyl (C=O) groups is 1. The molecule has 2 aromatic rings. The number of rotatable bonds is 5. The highest BCUT2D eigenvalue weighted by atomic mass is 35.5. The maximum Gasteiger partial charge on any atom is 0.339 e.